The molecule has 0 amide bonds. The maximum absolute atomic E-state index is 13.3. The van der Waals surface area contributed by atoms with Crippen LogP contribution in [0.25, 0.3) is 10.1 Å². The van der Waals surface area contributed by atoms with Crippen molar-refractivity contribution in [1.82, 2.24) is 0 Å². The molecule has 0 saturated carbocycles. The molecule has 1 unspecified atom stereocenters. The molecule has 0 spiro atoms. The molecule has 1 heterocycles. The Morgan fingerprint density at radius 2 is 1.86 bits per heavy atom. The SMILES string of the molecule is Cc1cc(C(O)c2cc3ccc(F)cc3s2)c(C)cc1Cl. The lowest BCUT2D eigenvalue weighted by molar-refractivity contribution is 0.223. The highest BCUT2D eigenvalue weighted by atomic mass is 35.5. The van der Waals surface area contributed by atoms with E-state index in [0.29, 0.717) is 5.02 Å². The summed E-state index contributed by atoms with van der Waals surface area (Å²) in [5, 5.41) is 12.3. The van der Waals surface area contributed by atoms with Crippen molar-refractivity contribution in [3.8, 4) is 0 Å². The Bertz CT molecular complexity index is 825. The fourth-order valence-corrected chi connectivity index (χ4v) is 3.72. The molecule has 1 aromatic heterocycles. The Labute approximate surface area is 131 Å². The van der Waals surface area contributed by atoms with Crippen LogP contribution in [0.3, 0.4) is 0 Å². The van der Waals surface area contributed by atoms with Crippen LogP contribution in [0.2, 0.25) is 5.02 Å². The first kappa shape index (κ1) is 14.5. The number of rotatable bonds is 2. The summed E-state index contributed by atoms with van der Waals surface area (Å²) in [5.41, 5.74) is 2.72. The number of halogens is 2. The molecule has 0 aliphatic heterocycles. The summed E-state index contributed by atoms with van der Waals surface area (Å²) in [7, 11) is 0. The van der Waals surface area contributed by atoms with Crippen LogP contribution in [0.5, 0.6) is 0 Å². The van der Waals surface area contributed by atoms with Gasteiger partial charge in [0.05, 0.1) is 0 Å². The van der Waals surface area contributed by atoms with E-state index in [-0.39, 0.29) is 5.82 Å². The molecule has 2 aromatic carbocycles. The molecule has 21 heavy (non-hydrogen) atoms. The van der Waals surface area contributed by atoms with Gasteiger partial charge in [-0.1, -0.05) is 23.7 Å². The molecule has 4 heteroatoms. The van der Waals surface area contributed by atoms with Crippen molar-refractivity contribution in [2.24, 2.45) is 0 Å². The fraction of sp³-hybridized carbons (Fsp3) is 0.176. The van der Waals surface area contributed by atoms with E-state index in [0.717, 1.165) is 31.7 Å². The Balaban J connectivity index is 2.07. The minimum absolute atomic E-state index is 0.260. The first-order valence-corrected chi connectivity index (χ1v) is 7.79. The highest BCUT2D eigenvalue weighted by molar-refractivity contribution is 7.19. The first-order chi connectivity index (χ1) is 9.95. The highest BCUT2D eigenvalue weighted by Crippen LogP contribution is 2.35. The number of hydrogen-bond acceptors (Lipinski definition) is 2. The average molecular weight is 321 g/mol. The molecule has 3 aromatic rings. The summed E-state index contributed by atoms with van der Waals surface area (Å²) in [5.74, 6) is -0.260. The largest absolute Gasteiger partial charge is 0.383 e. The van der Waals surface area contributed by atoms with Crippen molar-refractivity contribution in [1.29, 1.82) is 0 Å². The van der Waals surface area contributed by atoms with Gasteiger partial charge in [0.2, 0.25) is 0 Å². The number of hydrogen-bond donors (Lipinski definition) is 1. The van der Waals surface area contributed by atoms with Crippen molar-refractivity contribution >= 4 is 33.0 Å². The van der Waals surface area contributed by atoms with Crippen molar-refractivity contribution in [2.75, 3.05) is 0 Å². The van der Waals surface area contributed by atoms with Crippen LogP contribution in [-0.4, -0.2) is 5.11 Å². The standard InChI is InChI=1S/C17H14ClFOS/c1-9-6-14(18)10(2)5-13(9)17(20)16-7-11-3-4-12(19)8-15(11)21-16/h3-8,17,20H,1-2H3. The molecule has 0 radical (unpaired) electrons. The summed E-state index contributed by atoms with van der Waals surface area (Å²) in [4.78, 5) is 0.806. The minimum atomic E-state index is -0.721. The Morgan fingerprint density at radius 1 is 1.10 bits per heavy atom. The quantitative estimate of drug-likeness (QED) is 0.671. The number of aliphatic hydroxyl groups is 1. The normalized spacial score (nSPS) is 12.8. The average Bonchev–Trinajstić information content (AvgIpc) is 2.85. The van der Waals surface area contributed by atoms with Gasteiger partial charge in [-0.25, -0.2) is 4.39 Å². The van der Waals surface area contributed by atoms with Crippen molar-refractivity contribution < 1.29 is 9.50 Å². The van der Waals surface area contributed by atoms with Crippen LogP contribution < -0.4 is 0 Å². The summed E-state index contributed by atoms with van der Waals surface area (Å²) < 4.78 is 14.1. The van der Waals surface area contributed by atoms with Gasteiger partial charge in [-0.05, 0) is 60.2 Å². The number of aliphatic hydroxyl groups excluding tert-OH is 1. The Hall–Kier alpha value is -1.42. The maximum atomic E-state index is 13.3. The van der Waals surface area contributed by atoms with Crippen LogP contribution >= 0.6 is 22.9 Å². The van der Waals surface area contributed by atoms with Crippen molar-refractivity contribution in [3.63, 3.8) is 0 Å². The molecule has 0 fully saturated rings. The molecule has 0 saturated heterocycles. The van der Waals surface area contributed by atoms with E-state index in [2.05, 4.69) is 0 Å². The predicted octanol–water partition coefficient (Wildman–Crippen LogP) is 5.39. The van der Waals surface area contributed by atoms with Crippen LogP contribution in [0, 0.1) is 19.7 Å². The third-order valence-electron chi connectivity index (χ3n) is 3.61. The highest BCUT2D eigenvalue weighted by Gasteiger charge is 2.17. The third-order valence-corrected chi connectivity index (χ3v) is 5.17. The topological polar surface area (TPSA) is 20.2 Å². The molecule has 3 rings (SSSR count). The van der Waals surface area contributed by atoms with E-state index < -0.39 is 6.10 Å². The van der Waals surface area contributed by atoms with E-state index in [1.165, 1.54) is 23.5 Å². The van der Waals surface area contributed by atoms with E-state index in [1.54, 1.807) is 6.07 Å². The van der Waals surface area contributed by atoms with Gasteiger partial charge in [0.25, 0.3) is 0 Å². The first-order valence-electron chi connectivity index (χ1n) is 6.59. The van der Waals surface area contributed by atoms with Crippen LogP contribution in [0.15, 0.2) is 36.4 Å². The summed E-state index contributed by atoms with van der Waals surface area (Å²) in [6.07, 6.45) is -0.721. The van der Waals surface area contributed by atoms with Gasteiger partial charge in [0.1, 0.15) is 11.9 Å². The van der Waals surface area contributed by atoms with Gasteiger partial charge in [0.15, 0.2) is 0 Å². The second-order valence-electron chi connectivity index (χ2n) is 5.19. The van der Waals surface area contributed by atoms with Gasteiger partial charge in [-0.15, -0.1) is 11.3 Å². The number of benzene rings is 2. The van der Waals surface area contributed by atoms with E-state index >= 15 is 0 Å². The monoisotopic (exact) mass is 320 g/mol. The fourth-order valence-electron chi connectivity index (χ4n) is 2.41. The lowest BCUT2D eigenvalue weighted by Gasteiger charge is -2.14. The number of fused-ring (bicyclic) bond motifs is 1. The summed E-state index contributed by atoms with van der Waals surface area (Å²) in [6.45, 7) is 3.84. The van der Waals surface area contributed by atoms with Gasteiger partial charge in [0, 0.05) is 14.6 Å². The van der Waals surface area contributed by atoms with Crippen molar-refractivity contribution in [2.45, 2.75) is 20.0 Å². The van der Waals surface area contributed by atoms with Crippen molar-refractivity contribution in [3.05, 3.63) is 68.8 Å². The zero-order valence-electron chi connectivity index (χ0n) is 11.7. The van der Waals surface area contributed by atoms with E-state index in [4.69, 9.17) is 11.6 Å². The van der Waals surface area contributed by atoms with Crippen LogP contribution in [0.4, 0.5) is 4.39 Å². The molecular formula is C17H14ClFOS. The van der Waals surface area contributed by atoms with Gasteiger partial charge >= 0.3 is 0 Å². The maximum Gasteiger partial charge on any atom is 0.124 e. The molecule has 0 aliphatic carbocycles. The third kappa shape index (κ3) is 2.69. The minimum Gasteiger partial charge on any atom is -0.383 e. The zero-order chi connectivity index (χ0) is 15.1. The predicted molar refractivity (Wildman–Crippen MR) is 86.8 cm³/mol. The Kier molecular flexibility index (Phi) is 3.74. The van der Waals surface area contributed by atoms with E-state index in [1.807, 2.05) is 32.0 Å². The van der Waals surface area contributed by atoms with Crippen LogP contribution in [0.1, 0.15) is 27.7 Å². The van der Waals surface area contributed by atoms with Crippen LogP contribution in [-0.2, 0) is 0 Å². The molecule has 0 aliphatic rings. The molecular weight excluding hydrogens is 307 g/mol. The molecule has 108 valence electrons. The second kappa shape index (κ2) is 5.41. The lowest BCUT2D eigenvalue weighted by Crippen LogP contribution is -2.00. The number of aryl methyl sites for hydroxylation is 2. The second-order valence-corrected chi connectivity index (χ2v) is 6.71. The smallest absolute Gasteiger partial charge is 0.124 e. The molecule has 0 bridgehead atoms. The summed E-state index contributed by atoms with van der Waals surface area (Å²) in [6, 6.07) is 10.3. The molecule has 1 N–H and O–H groups in total. The molecule has 1 nitrogen and oxygen atoms in total. The Morgan fingerprint density at radius 3 is 2.62 bits per heavy atom. The zero-order valence-corrected chi connectivity index (χ0v) is 13.2. The van der Waals surface area contributed by atoms with E-state index in [9.17, 15) is 9.50 Å². The lowest BCUT2D eigenvalue weighted by atomic mass is 9.99. The molecule has 1 atom stereocenters. The number of thiophene rings is 1. The van der Waals surface area contributed by atoms with Gasteiger partial charge < -0.3 is 5.11 Å². The van der Waals surface area contributed by atoms with Gasteiger partial charge in [-0.2, -0.15) is 0 Å². The van der Waals surface area contributed by atoms with Gasteiger partial charge in [-0.3, -0.25) is 0 Å². The summed E-state index contributed by atoms with van der Waals surface area (Å²) >= 11 is 7.51.